The summed E-state index contributed by atoms with van der Waals surface area (Å²) in [5, 5.41) is 3.38. The van der Waals surface area contributed by atoms with Crippen LogP contribution in [0.1, 0.15) is 42.9 Å². The highest BCUT2D eigenvalue weighted by Gasteiger charge is 2.22. The van der Waals surface area contributed by atoms with E-state index in [2.05, 4.69) is 41.5 Å². The van der Waals surface area contributed by atoms with E-state index in [4.69, 9.17) is 10.7 Å². The first kappa shape index (κ1) is 15.0. The quantitative estimate of drug-likeness (QED) is 0.886. The minimum atomic E-state index is 0.549. The molecule has 2 aromatic rings. The Morgan fingerprint density at radius 2 is 1.91 bits per heavy atom. The number of nitrogens with two attached hydrogens (primary N) is 1. The Morgan fingerprint density at radius 1 is 1.18 bits per heavy atom. The summed E-state index contributed by atoms with van der Waals surface area (Å²) in [5.74, 6) is 1.37. The number of nitrogens with zero attached hydrogens (tertiary/aromatic N) is 2. The lowest BCUT2D eigenvalue weighted by Gasteiger charge is -2.16. The van der Waals surface area contributed by atoms with Crippen molar-refractivity contribution in [3.05, 3.63) is 41.7 Å². The zero-order chi connectivity index (χ0) is 15.4. The lowest BCUT2D eigenvalue weighted by molar-refractivity contribution is 0.696. The first-order valence-corrected chi connectivity index (χ1v) is 8.16. The van der Waals surface area contributed by atoms with Gasteiger partial charge in [0, 0.05) is 24.6 Å². The third-order valence-electron chi connectivity index (χ3n) is 4.33. The lowest BCUT2D eigenvalue weighted by atomic mass is 10.0. The molecule has 1 heterocycles. The lowest BCUT2D eigenvalue weighted by Crippen LogP contribution is -2.16. The van der Waals surface area contributed by atoms with Crippen molar-refractivity contribution >= 4 is 5.69 Å². The van der Waals surface area contributed by atoms with Crippen molar-refractivity contribution in [1.29, 1.82) is 0 Å². The summed E-state index contributed by atoms with van der Waals surface area (Å²) in [6.07, 6.45) is 6.96. The van der Waals surface area contributed by atoms with Gasteiger partial charge in [-0.15, -0.1) is 0 Å². The van der Waals surface area contributed by atoms with Crippen molar-refractivity contribution in [1.82, 2.24) is 9.97 Å². The van der Waals surface area contributed by atoms with Crippen LogP contribution in [0.3, 0.4) is 0 Å². The molecule has 0 unspecified atom stereocenters. The highest BCUT2D eigenvalue weighted by atomic mass is 15.0. The number of hydrogen-bond donors (Lipinski definition) is 2. The Labute approximate surface area is 132 Å². The van der Waals surface area contributed by atoms with E-state index < -0.39 is 0 Å². The maximum Gasteiger partial charge on any atom is 0.159 e. The second-order valence-electron chi connectivity index (χ2n) is 6.06. The fourth-order valence-corrected chi connectivity index (χ4v) is 3.09. The van der Waals surface area contributed by atoms with E-state index in [-0.39, 0.29) is 0 Å². The molecular formula is C18H24N4. The number of nitrogens with one attached hydrogen (secondary N) is 1. The smallest absolute Gasteiger partial charge is 0.159 e. The Bertz CT molecular complexity index is 615. The van der Waals surface area contributed by atoms with E-state index in [1.807, 2.05) is 6.20 Å². The van der Waals surface area contributed by atoms with Gasteiger partial charge in [-0.2, -0.15) is 0 Å². The van der Waals surface area contributed by atoms with Crippen molar-refractivity contribution in [2.45, 2.75) is 38.5 Å². The normalized spacial score (nSPS) is 15.2. The fourth-order valence-electron chi connectivity index (χ4n) is 3.09. The van der Waals surface area contributed by atoms with Crippen molar-refractivity contribution < 1.29 is 0 Å². The summed E-state index contributed by atoms with van der Waals surface area (Å²) in [4.78, 5) is 9.44. The Kier molecular flexibility index (Phi) is 4.68. The van der Waals surface area contributed by atoms with Crippen LogP contribution in [0.15, 0.2) is 30.5 Å². The van der Waals surface area contributed by atoms with Crippen LogP contribution in [0.5, 0.6) is 0 Å². The molecule has 1 saturated carbocycles. The zero-order valence-electron chi connectivity index (χ0n) is 13.2. The maximum atomic E-state index is 5.61. The fraction of sp³-hybridized carbons (Fsp3) is 0.444. The van der Waals surface area contributed by atoms with Crippen LogP contribution >= 0.6 is 0 Å². The first-order valence-electron chi connectivity index (χ1n) is 8.16. The monoisotopic (exact) mass is 296 g/mol. The molecule has 0 atom stereocenters. The molecule has 0 radical (unpaired) electrons. The third kappa shape index (κ3) is 3.28. The van der Waals surface area contributed by atoms with Gasteiger partial charge < -0.3 is 11.1 Å². The van der Waals surface area contributed by atoms with Crippen molar-refractivity contribution in [3.63, 3.8) is 0 Å². The summed E-state index contributed by atoms with van der Waals surface area (Å²) < 4.78 is 0. The highest BCUT2D eigenvalue weighted by molar-refractivity contribution is 5.59. The largest absolute Gasteiger partial charge is 0.381 e. The summed E-state index contributed by atoms with van der Waals surface area (Å²) in [6, 6.07) is 8.40. The van der Waals surface area contributed by atoms with Crippen molar-refractivity contribution in [3.8, 4) is 11.4 Å². The Morgan fingerprint density at radius 3 is 2.59 bits per heavy atom. The Balaban J connectivity index is 1.95. The van der Waals surface area contributed by atoms with Gasteiger partial charge in [-0.1, -0.05) is 42.7 Å². The van der Waals surface area contributed by atoms with Crippen molar-refractivity contribution in [2.24, 2.45) is 5.73 Å². The molecule has 0 spiro atoms. The predicted octanol–water partition coefficient (Wildman–Crippen LogP) is 3.48. The van der Waals surface area contributed by atoms with Gasteiger partial charge in [0.25, 0.3) is 0 Å². The van der Waals surface area contributed by atoms with Gasteiger partial charge in [-0.05, 0) is 19.8 Å². The molecule has 0 saturated heterocycles. The molecule has 3 N–H and O–H groups in total. The molecule has 0 bridgehead atoms. The second-order valence-corrected chi connectivity index (χ2v) is 6.06. The minimum absolute atomic E-state index is 0.549. The summed E-state index contributed by atoms with van der Waals surface area (Å²) in [6.45, 7) is 3.46. The molecule has 0 amide bonds. The number of rotatable bonds is 5. The zero-order valence-corrected chi connectivity index (χ0v) is 13.2. The molecule has 4 heteroatoms. The van der Waals surface area contributed by atoms with E-state index in [1.54, 1.807) is 0 Å². The van der Waals surface area contributed by atoms with Gasteiger partial charge in [-0.25, -0.2) is 9.97 Å². The average Bonchev–Trinajstić information content (AvgIpc) is 3.08. The SMILES string of the molecule is Cc1ccc(-c2ncc(NCCN)c(C3CCCC3)n2)cc1. The van der Waals surface area contributed by atoms with E-state index in [1.165, 1.54) is 31.2 Å². The van der Waals surface area contributed by atoms with Crippen LogP contribution in [0.2, 0.25) is 0 Å². The highest BCUT2D eigenvalue weighted by Crippen LogP contribution is 2.37. The minimum Gasteiger partial charge on any atom is -0.381 e. The molecule has 1 aromatic carbocycles. The third-order valence-corrected chi connectivity index (χ3v) is 4.33. The number of aryl methyl sites for hydroxylation is 1. The van der Waals surface area contributed by atoms with Gasteiger partial charge in [-0.3, -0.25) is 0 Å². The number of aromatic nitrogens is 2. The van der Waals surface area contributed by atoms with Crippen LogP contribution in [0.25, 0.3) is 11.4 Å². The summed E-state index contributed by atoms with van der Waals surface area (Å²) in [5.41, 5.74) is 10.2. The molecule has 1 fully saturated rings. The molecule has 1 aliphatic carbocycles. The molecule has 116 valence electrons. The number of benzene rings is 1. The number of anilines is 1. The van der Waals surface area contributed by atoms with Crippen LogP contribution in [-0.2, 0) is 0 Å². The van der Waals surface area contributed by atoms with E-state index in [0.29, 0.717) is 12.5 Å². The van der Waals surface area contributed by atoms with Crippen LogP contribution in [-0.4, -0.2) is 23.1 Å². The Hall–Kier alpha value is -1.94. The molecule has 0 aliphatic heterocycles. The van der Waals surface area contributed by atoms with Crippen LogP contribution < -0.4 is 11.1 Å². The van der Waals surface area contributed by atoms with Gasteiger partial charge in [0.05, 0.1) is 17.6 Å². The van der Waals surface area contributed by atoms with Crippen LogP contribution in [0.4, 0.5) is 5.69 Å². The summed E-state index contributed by atoms with van der Waals surface area (Å²) >= 11 is 0. The molecular weight excluding hydrogens is 272 g/mol. The number of hydrogen-bond acceptors (Lipinski definition) is 4. The first-order chi connectivity index (χ1) is 10.8. The molecule has 3 rings (SSSR count). The van der Waals surface area contributed by atoms with Gasteiger partial charge in [0.2, 0.25) is 0 Å². The predicted molar refractivity (Wildman–Crippen MR) is 91.0 cm³/mol. The maximum absolute atomic E-state index is 5.61. The van der Waals surface area contributed by atoms with E-state index in [0.717, 1.165) is 29.3 Å². The van der Waals surface area contributed by atoms with Gasteiger partial charge >= 0.3 is 0 Å². The van der Waals surface area contributed by atoms with Crippen molar-refractivity contribution in [2.75, 3.05) is 18.4 Å². The standard InChI is InChI=1S/C18H24N4/c1-13-6-8-15(9-7-13)18-21-12-16(20-11-10-19)17(22-18)14-4-2-3-5-14/h6-9,12,14,20H,2-5,10-11,19H2,1H3. The second kappa shape index (κ2) is 6.88. The van der Waals surface area contributed by atoms with Gasteiger partial charge in [0.15, 0.2) is 5.82 Å². The topological polar surface area (TPSA) is 63.8 Å². The molecule has 22 heavy (non-hydrogen) atoms. The van der Waals surface area contributed by atoms with E-state index >= 15 is 0 Å². The molecule has 1 aliphatic rings. The van der Waals surface area contributed by atoms with Crippen LogP contribution in [0, 0.1) is 6.92 Å². The molecule has 1 aromatic heterocycles. The van der Waals surface area contributed by atoms with E-state index in [9.17, 15) is 0 Å². The summed E-state index contributed by atoms with van der Waals surface area (Å²) in [7, 11) is 0. The van der Waals surface area contributed by atoms with Gasteiger partial charge in [0.1, 0.15) is 0 Å². The molecule has 4 nitrogen and oxygen atoms in total. The average molecular weight is 296 g/mol.